The molecule has 0 amide bonds. The maximum absolute atomic E-state index is 10.4. The Morgan fingerprint density at radius 2 is 0.655 bits per heavy atom. The summed E-state index contributed by atoms with van der Waals surface area (Å²) in [6.45, 7) is 5.64. The van der Waals surface area contributed by atoms with Gasteiger partial charge in [-0.3, -0.25) is 24.9 Å². The van der Waals surface area contributed by atoms with Crippen molar-refractivity contribution < 1.29 is 49.8 Å². The number of carbonyl (C=O) groups is 3. The van der Waals surface area contributed by atoms with Crippen LogP contribution in [0, 0.1) is 0 Å². The number of carbonyl (C=O) groups excluding carboxylic acids is 3. The second kappa shape index (κ2) is 26.9. The van der Waals surface area contributed by atoms with Gasteiger partial charge in [0.15, 0.2) is 0 Å². The predicted molar refractivity (Wildman–Crippen MR) is 213 cm³/mol. The Kier molecular flexibility index (Phi) is 22.0. The zero-order valence-electron chi connectivity index (χ0n) is 32.2. The molecule has 5 aromatic heterocycles. The average Bonchev–Trinajstić information content (AvgIpc) is 3.28. The van der Waals surface area contributed by atoms with Gasteiger partial charge < -0.3 is 29.7 Å². The van der Waals surface area contributed by atoms with Gasteiger partial charge >= 0.3 is 20.1 Å². The molecule has 0 aliphatic rings. The molecule has 296 valence electrons. The van der Waals surface area contributed by atoms with E-state index >= 15 is 0 Å². The summed E-state index contributed by atoms with van der Waals surface area (Å²) >= 11 is 0. The van der Waals surface area contributed by atoms with Gasteiger partial charge in [-0.2, -0.15) is 0 Å². The quantitative estimate of drug-likeness (QED) is 0.187. The van der Waals surface area contributed by atoms with E-state index < -0.39 is 17.9 Å². The van der Waals surface area contributed by atoms with E-state index in [9.17, 15) is 29.7 Å². The van der Waals surface area contributed by atoms with Crippen molar-refractivity contribution in [2.24, 2.45) is 0 Å². The first kappa shape index (κ1) is 47.4. The van der Waals surface area contributed by atoms with Crippen LogP contribution < -0.4 is 15.3 Å². The molecule has 5 heterocycles. The maximum Gasteiger partial charge on any atom is 3.00 e. The molecular formula is C46H42IrN5O6. The number of carboxylic acids is 3. The van der Waals surface area contributed by atoms with E-state index in [2.05, 4.69) is 49.2 Å². The van der Waals surface area contributed by atoms with E-state index in [0.29, 0.717) is 36.0 Å². The molecule has 0 saturated carbocycles. The van der Waals surface area contributed by atoms with Crippen LogP contribution in [-0.2, 0) is 39.4 Å². The van der Waals surface area contributed by atoms with Crippen LogP contribution in [0.15, 0.2) is 164 Å². The Hall–Kier alpha value is -6.75. The van der Waals surface area contributed by atoms with E-state index in [4.69, 9.17) is 0 Å². The molecule has 7 aromatic rings. The first-order chi connectivity index (χ1) is 27.7. The monoisotopic (exact) mass is 953 g/mol. The summed E-state index contributed by atoms with van der Waals surface area (Å²) in [5, 5.41) is 31.2. The van der Waals surface area contributed by atoms with Crippen LogP contribution >= 0.6 is 0 Å². The zero-order chi connectivity index (χ0) is 41.3. The van der Waals surface area contributed by atoms with Crippen molar-refractivity contribution >= 4 is 17.9 Å². The summed E-state index contributed by atoms with van der Waals surface area (Å²) in [6, 6.07) is 42.5. The van der Waals surface area contributed by atoms with Crippen molar-refractivity contribution in [1.82, 2.24) is 24.9 Å². The van der Waals surface area contributed by atoms with Gasteiger partial charge in [-0.05, 0) is 78.4 Å². The van der Waals surface area contributed by atoms with Gasteiger partial charge in [0, 0.05) is 42.1 Å². The van der Waals surface area contributed by atoms with E-state index in [-0.39, 0.29) is 37.2 Å². The summed E-state index contributed by atoms with van der Waals surface area (Å²) in [5.74, 6) is -3.62. The second-order valence-electron chi connectivity index (χ2n) is 11.6. The minimum atomic E-state index is -1.21. The second-order valence-corrected chi connectivity index (χ2v) is 11.6. The van der Waals surface area contributed by atoms with Gasteiger partial charge in [0.1, 0.15) is 0 Å². The van der Waals surface area contributed by atoms with Gasteiger partial charge in [0.25, 0.3) is 0 Å². The molecule has 0 radical (unpaired) electrons. The molecule has 2 aromatic carbocycles. The minimum Gasteiger partial charge on any atom is -0.543 e. The molecule has 0 aliphatic heterocycles. The molecule has 0 aliphatic carbocycles. The summed E-state index contributed by atoms with van der Waals surface area (Å²) in [7, 11) is 0. The molecule has 11 nitrogen and oxygen atoms in total. The van der Waals surface area contributed by atoms with Crippen LogP contribution in [0.2, 0.25) is 0 Å². The predicted octanol–water partition coefficient (Wildman–Crippen LogP) is 5.52. The number of aryl methyl sites for hydroxylation is 3. The Balaban J connectivity index is 0.000000249. The zero-order valence-corrected chi connectivity index (χ0v) is 34.6. The van der Waals surface area contributed by atoms with E-state index in [0.717, 1.165) is 22.5 Å². The van der Waals surface area contributed by atoms with Crippen LogP contribution in [0.1, 0.15) is 68.9 Å². The number of hydrogen-bond acceptors (Lipinski definition) is 11. The molecule has 0 unspecified atom stereocenters. The van der Waals surface area contributed by atoms with Crippen molar-refractivity contribution in [2.45, 2.75) is 40.0 Å². The van der Waals surface area contributed by atoms with E-state index in [1.165, 1.54) is 18.6 Å². The van der Waals surface area contributed by atoms with Gasteiger partial charge in [-0.1, -0.05) is 112 Å². The number of carboxylic acid groups (broad SMARTS) is 3. The third-order valence-electron chi connectivity index (χ3n) is 7.87. The number of rotatable bonds is 8. The average molecular weight is 953 g/mol. The van der Waals surface area contributed by atoms with Crippen LogP contribution in [0.3, 0.4) is 0 Å². The normalized spacial score (nSPS) is 9.43. The summed E-state index contributed by atoms with van der Waals surface area (Å²) in [4.78, 5) is 50.8. The fourth-order valence-electron chi connectivity index (χ4n) is 5.01. The molecule has 7 rings (SSSR count). The molecule has 58 heavy (non-hydrogen) atoms. The van der Waals surface area contributed by atoms with Crippen LogP contribution in [-0.4, -0.2) is 42.8 Å². The molecule has 0 N–H and O–H groups in total. The molecular weight excluding hydrogens is 911 g/mol. The molecule has 0 atom stereocenters. The number of aromatic nitrogens is 5. The number of benzene rings is 2. The van der Waals surface area contributed by atoms with Crippen molar-refractivity contribution in [3.05, 3.63) is 198 Å². The van der Waals surface area contributed by atoms with Crippen molar-refractivity contribution in [3.63, 3.8) is 0 Å². The number of nitrogens with zero attached hydrogens (tertiary/aromatic N) is 5. The smallest absolute Gasteiger partial charge is 0.543 e. The molecule has 0 bridgehead atoms. The molecule has 12 heteroatoms. The Bertz CT molecular complexity index is 1960. The summed E-state index contributed by atoms with van der Waals surface area (Å²) < 4.78 is 0. The van der Waals surface area contributed by atoms with Gasteiger partial charge in [0.2, 0.25) is 0 Å². The first-order valence-corrected chi connectivity index (χ1v) is 18.1. The van der Waals surface area contributed by atoms with Crippen LogP contribution in [0.4, 0.5) is 0 Å². The standard InChI is InChI=1S/2C11H9N.3C8H9NO2.Ir/c2*1-2-6-10(7-3-1)11-8-4-5-9-12-11;3*1-2-6-4-3-5-9-7(6)8(10)11;/h2*1-9H;3*3-5H,2H2,1H3,(H,10,11);/q;;;;;+3/p-3. The number of aromatic carboxylic acids is 3. The molecule has 0 spiro atoms. The summed E-state index contributed by atoms with van der Waals surface area (Å²) in [6.07, 6.45) is 9.95. The fraction of sp³-hybridized carbons (Fsp3) is 0.130. The fourth-order valence-corrected chi connectivity index (χ4v) is 5.01. The Morgan fingerprint density at radius 1 is 0.379 bits per heavy atom. The summed E-state index contributed by atoms with van der Waals surface area (Å²) in [5.41, 5.74) is 6.68. The Labute approximate surface area is 352 Å². The minimum absolute atomic E-state index is 0. The topological polar surface area (TPSA) is 185 Å². The number of pyridine rings is 5. The van der Waals surface area contributed by atoms with Gasteiger partial charge in [-0.15, -0.1) is 0 Å². The van der Waals surface area contributed by atoms with Gasteiger partial charge in [-0.25, -0.2) is 0 Å². The van der Waals surface area contributed by atoms with Crippen molar-refractivity contribution in [3.8, 4) is 22.5 Å². The third-order valence-corrected chi connectivity index (χ3v) is 7.87. The maximum atomic E-state index is 10.4. The molecule has 0 saturated heterocycles. The molecule has 0 fully saturated rings. The van der Waals surface area contributed by atoms with Gasteiger partial charge in [0.05, 0.1) is 46.4 Å². The van der Waals surface area contributed by atoms with Crippen LogP contribution in [0.25, 0.3) is 22.5 Å². The largest absolute Gasteiger partial charge is 3.00 e. The van der Waals surface area contributed by atoms with Crippen molar-refractivity contribution in [2.75, 3.05) is 0 Å². The van der Waals surface area contributed by atoms with Crippen LogP contribution in [0.5, 0.6) is 0 Å². The SMILES string of the molecule is CCc1cccnc1C(=O)[O-].CCc1cccnc1C(=O)[O-].CCc1cccnc1C(=O)[O-].[Ir+3].c1ccc(-c2ccccn2)cc1.c1ccc(-c2ccccn2)cc1. The third kappa shape index (κ3) is 16.2. The number of hydrogen-bond donors (Lipinski definition) is 0. The van der Waals surface area contributed by atoms with E-state index in [1.54, 1.807) is 36.4 Å². The van der Waals surface area contributed by atoms with E-state index in [1.807, 2.05) is 106 Å². The first-order valence-electron chi connectivity index (χ1n) is 18.1. The Morgan fingerprint density at radius 3 is 0.879 bits per heavy atom. The van der Waals surface area contributed by atoms with Crippen molar-refractivity contribution in [1.29, 1.82) is 0 Å².